The minimum absolute atomic E-state index is 0.290. The van der Waals surface area contributed by atoms with Gasteiger partial charge >= 0.3 is 5.97 Å². The average Bonchev–Trinajstić information content (AvgIpc) is 2.39. The monoisotopic (exact) mass is 228 g/mol. The standard InChI is InChI=1S/C13H12N2O2/c1-13(12(16)17,10-6-3-2-4-7-10)11-14-8-5-9-15-11/h2-9H,1H3,(H,16,17). The van der Waals surface area contributed by atoms with Crippen LogP contribution in [0.1, 0.15) is 18.3 Å². The van der Waals surface area contributed by atoms with Crippen molar-refractivity contribution < 1.29 is 9.90 Å². The zero-order chi connectivity index (χ0) is 12.3. The Balaban J connectivity index is 2.59. The van der Waals surface area contributed by atoms with Crippen molar-refractivity contribution in [2.45, 2.75) is 12.3 Å². The van der Waals surface area contributed by atoms with Crippen LogP contribution in [0.15, 0.2) is 48.8 Å². The molecule has 0 aliphatic heterocycles. The predicted molar refractivity (Wildman–Crippen MR) is 62.6 cm³/mol. The third-order valence-electron chi connectivity index (χ3n) is 2.79. The first kappa shape index (κ1) is 11.3. The van der Waals surface area contributed by atoms with E-state index in [4.69, 9.17) is 0 Å². The van der Waals surface area contributed by atoms with Gasteiger partial charge in [0.1, 0.15) is 11.2 Å². The number of hydrogen-bond acceptors (Lipinski definition) is 3. The maximum atomic E-state index is 11.5. The SMILES string of the molecule is CC(C(=O)O)(c1ccccc1)c1ncccn1. The molecule has 0 bridgehead atoms. The molecule has 0 saturated heterocycles. The van der Waals surface area contributed by atoms with E-state index < -0.39 is 11.4 Å². The molecule has 0 saturated carbocycles. The van der Waals surface area contributed by atoms with Gasteiger partial charge in [-0.1, -0.05) is 30.3 Å². The lowest BCUT2D eigenvalue weighted by atomic mass is 9.81. The second kappa shape index (κ2) is 4.33. The topological polar surface area (TPSA) is 63.1 Å². The normalized spacial score (nSPS) is 13.9. The van der Waals surface area contributed by atoms with Crippen molar-refractivity contribution in [3.05, 3.63) is 60.2 Å². The molecule has 4 heteroatoms. The lowest BCUT2D eigenvalue weighted by Gasteiger charge is -2.23. The van der Waals surface area contributed by atoms with Gasteiger partial charge in [-0.2, -0.15) is 0 Å². The predicted octanol–water partition coefficient (Wildman–Crippen LogP) is 1.87. The van der Waals surface area contributed by atoms with Gasteiger partial charge in [0.25, 0.3) is 0 Å². The number of carbonyl (C=O) groups is 1. The summed E-state index contributed by atoms with van der Waals surface area (Å²) >= 11 is 0. The van der Waals surface area contributed by atoms with Crippen LogP contribution in [0.25, 0.3) is 0 Å². The van der Waals surface area contributed by atoms with Gasteiger partial charge in [0.2, 0.25) is 0 Å². The van der Waals surface area contributed by atoms with Gasteiger partial charge in [-0.05, 0) is 18.6 Å². The summed E-state index contributed by atoms with van der Waals surface area (Å²) in [5.41, 5.74) is -0.554. The molecule has 17 heavy (non-hydrogen) atoms. The number of hydrogen-bond donors (Lipinski definition) is 1. The van der Waals surface area contributed by atoms with Gasteiger partial charge in [-0.3, -0.25) is 4.79 Å². The molecule has 0 spiro atoms. The molecule has 1 N–H and O–H groups in total. The fraction of sp³-hybridized carbons (Fsp3) is 0.154. The van der Waals surface area contributed by atoms with Crippen LogP contribution in [0, 0.1) is 0 Å². The molecule has 1 aromatic carbocycles. The van der Waals surface area contributed by atoms with Crippen LogP contribution >= 0.6 is 0 Å². The Hall–Kier alpha value is -2.23. The van der Waals surface area contributed by atoms with Crippen molar-refractivity contribution in [2.24, 2.45) is 0 Å². The quantitative estimate of drug-likeness (QED) is 0.871. The van der Waals surface area contributed by atoms with E-state index in [1.165, 1.54) is 0 Å². The highest BCUT2D eigenvalue weighted by Gasteiger charge is 2.39. The molecule has 1 aromatic heterocycles. The van der Waals surface area contributed by atoms with Gasteiger partial charge in [-0.15, -0.1) is 0 Å². The summed E-state index contributed by atoms with van der Waals surface area (Å²) in [6, 6.07) is 10.7. The second-order valence-electron chi connectivity index (χ2n) is 3.87. The van der Waals surface area contributed by atoms with Crippen molar-refractivity contribution in [1.82, 2.24) is 9.97 Å². The average molecular weight is 228 g/mol. The minimum atomic E-state index is -1.22. The number of aromatic nitrogens is 2. The Morgan fingerprint density at radius 3 is 2.24 bits per heavy atom. The van der Waals surface area contributed by atoms with Gasteiger partial charge in [0, 0.05) is 12.4 Å². The van der Waals surface area contributed by atoms with E-state index in [0.29, 0.717) is 11.4 Å². The van der Waals surface area contributed by atoms with E-state index >= 15 is 0 Å². The molecule has 2 aromatic rings. The summed E-state index contributed by atoms with van der Waals surface area (Å²) in [6.07, 6.45) is 3.10. The van der Waals surface area contributed by atoms with Crippen LogP contribution in [-0.2, 0) is 10.2 Å². The van der Waals surface area contributed by atoms with Crippen LogP contribution in [0.5, 0.6) is 0 Å². The molecular weight excluding hydrogens is 216 g/mol. The summed E-state index contributed by atoms with van der Waals surface area (Å²) in [5.74, 6) is -0.673. The minimum Gasteiger partial charge on any atom is -0.480 e. The summed E-state index contributed by atoms with van der Waals surface area (Å²) in [6.45, 7) is 1.61. The molecule has 0 aliphatic carbocycles. The number of carboxylic acid groups (broad SMARTS) is 1. The summed E-state index contributed by atoms with van der Waals surface area (Å²) in [5, 5.41) is 9.46. The van der Waals surface area contributed by atoms with Crippen molar-refractivity contribution in [3.8, 4) is 0 Å². The third-order valence-corrected chi connectivity index (χ3v) is 2.79. The van der Waals surface area contributed by atoms with Crippen molar-refractivity contribution >= 4 is 5.97 Å². The first-order valence-electron chi connectivity index (χ1n) is 5.22. The molecule has 86 valence electrons. The first-order chi connectivity index (χ1) is 8.15. The molecule has 2 rings (SSSR count). The van der Waals surface area contributed by atoms with Crippen molar-refractivity contribution in [2.75, 3.05) is 0 Å². The Morgan fingerprint density at radius 1 is 1.12 bits per heavy atom. The fourth-order valence-electron chi connectivity index (χ4n) is 1.68. The van der Waals surface area contributed by atoms with Crippen LogP contribution in [0.4, 0.5) is 0 Å². The van der Waals surface area contributed by atoms with Crippen LogP contribution < -0.4 is 0 Å². The number of benzene rings is 1. The van der Waals surface area contributed by atoms with E-state index in [0.717, 1.165) is 0 Å². The zero-order valence-electron chi connectivity index (χ0n) is 9.37. The number of rotatable bonds is 3. The highest BCUT2D eigenvalue weighted by atomic mass is 16.4. The van der Waals surface area contributed by atoms with Crippen molar-refractivity contribution in [3.63, 3.8) is 0 Å². The second-order valence-corrected chi connectivity index (χ2v) is 3.87. The summed E-state index contributed by atoms with van der Waals surface area (Å²) < 4.78 is 0. The van der Waals surface area contributed by atoms with E-state index in [1.807, 2.05) is 6.07 Å². The van der Waals surface area contributed by atoms with Crippen LogP contribution in [0.2, 0.25) is 0 Å². The Morgan fingerprint density at radius 2 is 1.71 bits per heavy atom. The molecule has 1 unspecified atom stereocenters. The Kier molecular flexibility index (Phi) is 2.87. The molecule has 0 amide bonds. The number of aliphatic carboxylic acids is 1. The van der Waals surface area contributed by atoms with E-state index in [9.17, 15) is 9.90 Å². The largest absolute Gasteiger partial charge is 0.480 e. The maximum Gasteiger partial charge on any atom is 0.321 e. The molecular formula is C13H12N2O2. The molecule has 0 fully saturated rings. The van der Waals surface area contributed by atoms with Crippen molar-refractivity contribution in [1.29, 1.82) is 0 Å². The van der Waals surface area contributed by atoms with E-state index in [-0.39, 0.29) is 0 Å². The van der Waals surface area contributed by atoms with Gasteiger partial charge in [0.05, 0.1) is 0 Å². The Labute approximate surface area is 99.0 Å². The van der Waals surface area contributed by atoms with Gasteiger partial charge in [0.15, 0.2) is 0 Å². The van der Waals surface area contributed by atoms with Crippen LogP contribution in [0.3, 0.4) is 0 Å². The highest BCUT2D eigenvalue weighted by Crippen LogP contribution is 2.29. The smallest absolute Gasteiger partial charge is 0.321 e. The van der Waals surface area contributed by atoms with Gasteiger partial charge < -0.3 is 5.11 Å². The van der Waals surface area contributed by atoms with E-state index in [2.05, 4.69) is 9.97 Å². The lowest BCUT2D eigenvalue weighted by molar-refractivity contribution is -0.141. The summed E-state index contributed by atoms with van der Waals surface area (Å²) in [7, 11) is 0. The van der Waals surface area contributed by atoms with E-state index in [1.54, 1.807) is 49.6 Å². The number of carboxylic acids is 1. The van der Waals surface area contributed by atoms with Gasteiger partial charge in [-0.25, -0.2) is 9.97 Å². The third kappa shape index (κ3) is 1.89. The lowest BCUT2D eigenvalue weighted by Crippen LogP contribution is -2.35. The molecule has 1 heterocycles. The fourth-order valence-corrected chi connectivity index (χ4v) is 1.68. The first-order valence-corrected chi connectivity index (χ1v) is 5.22. The molecule has 0 radical (unpaired) electrons. The highest BCUT2D eigenvalue weighted by molar-refractivity contribution is 5.84. The maximum absolute atomic E-state index is 11.5. The molecule has 0 aliphatic rings. The summed E-state index contributed by atoms with van der Waals surface area (Å²) in [4.78, 5) is 19.7. The molecule has 1 atom stereocenters. The van der Waals surface area contributed by atoms with Crippen LogP contribution in [-0.4, -0.2) is 21.0 Å². The number of nitrogens with zero attached hydrogens (tertiary/aromatic N) is 2. The molecule has 4 nitrogen and oxygen atoms in total. The zero-order valence-corrected chi connectivity index (χ0v) is 9.37. The Bertz CT molecular complexity index is 472.